The molecule has 2 aromatic rings. The van der Waals surface area contributed by atoms with E-state index in [4.69, 9.17) is 26.5 Å². The van der Waals surface area contributed by atoms with Gasteiger partial charge in [0.1, 0.15) is 36.1 Å². The SMILES string of the molecule is [N-]=[N+]=NCCCC#CC[S+](CCC(N)OC=O)C[C@H]1O[C@@H](n2cnc3c(NCCN)ncnc32)[C@@H](O)C1O. The maximum absolute atomic E-state index is 10.9. The molecule has 1 aliphatic heterocycles. The highest BCUT2D eigenvalue weighted by Gasteiger charge is 2.47. The Morgan fingerprint density at radius 2 is 2.21 bits per heavy atom. The van der Waals surface area contributed by atoms with Crippen LogP contribution in [0, 0.1) is 11.8 Å². The van der Waals surface area contributed by atoms with Crippen LogP contribution in [0.4, 0.5) is 5.82 Å². The van der Waals surface area contributed by atoms with Gasteiger partial charge in [0.05, 0.1) is 6.33 Å². The molecule has 1 saturated heterocycles. The van der Waals surface area contributed by atoms with Crippen LogP contribution in [0.25, 0.3) is 21.6 Å². The second-order valence-electron chi connectivity index (χ2n) is 8.41. The molecule has 1 fully saturated rings. The number of carbonyl (C=O) groups is 1. The molecule has 2 aromatic heterocycles. The highest BCUT2D eigenvalue weighted by molar-refractivity contribution is 7.97. The second kappa shape index (κ2) is 15.3. The quantitative estimate of drug-likeness (QED) is 0.0274. The first-order valence-corrected chi connectivity index (χ1v) is 13.8. The first-order valence-electron chi connectivity index (χ1n) is 12.1. The number of fused-ring (bicyclic) bond motifs is 1. The molecule has 0 spiro atoms. The molecule has 0 amide bonds. The fourth-order valence-corrected chi connectivity index (χ4v) is 5.89. The number of carbonyl (C=O) groups excluding carboxylic acids is 1. The van der Waals surface area contributed by atoms with E-state index in [-0.39, 0.29) is 10.9 Å². The van der Waals surface area contributed by atoms with Crippen LogP contribution in [0.1, 0.15) is 25.5 Å². The predicted octanol–water partition coefficient (Wildman–Crippen LogP) is -0.624. The van der Waals surface area contributed by atoms with Crippen molar-refractivity contribution in [2.45, 2.75) is 50.0 Å². The zero-order valence-corrected chi connectivity index (χ0v) is 21.6. The van der Waals surface area contributed by atoms with Crippen molar-refractivity contribution < 1.29 is 24.5 Å². The van der Waals surface area contributed by atoms with Crippen molar-refractivity contribution in [1.82, 2.24) is 19.5 Å². The zero-order valence-electron chi connectivity index (χ0n) is 20.8. The van der Waals surface area contributed by atoms with Crippen LogP contribution >= 0.6 is 0 Å². The standard InChI is InChI=1S/C22H33N10O5S/c23-6-8-26-20-17-21(28-12-27-20)32(13-29-17)22-19(35)18(34)15(37-22)11-38(10-5-16(24)36-14-33)9-4-2-1-3-7-30-31-25/h12-16,18-19,22,34-35H,1,3,5-11,23-24H2,(H,26,27,28)/q+1/t15-,16?,18?,19+,22-,38?/m1/s1. The predicted molar refractivity (Wildman–Crippen MR) is 142 cm³/mol. The molecule has 1 aliphatic rings. The molecule has 206 valence electrons. The first-order chi connectivity index (χ1) is 18.5. The summed E-state index contributed by atoms with van der Waals surface area (Å²) in [5.41, 5.74) is 20.7. The normalized spacial score (nSPS) is 22.2. The van der Waals surface area contributed by atoms with E-state index in [9.17, 15) is 15.0 Å². The Bertz CT molecular complexity index is 1150. The molecule has 3 heterocycles. The fraction of sp³-hybridized carbons (Fsp3) is 0.636. The van der Waals surface area contributed by atoms with Crippen LogP contribution in [-0.2, 0) is 25.2 Å². The molecule has 16 heteroatoms. The molecule has 7 N–H and O–H groups in total. The Balaban J connectivity index is 1.70. The van der Waals surface area contributed by atoms with E-state index in [2.05, 4.69) is 42.1 Å². The number of rotatable bonds is 15. The number of azide groups is 1. The van der Waals surface area contributed by atoms with Crippen LogP contribution < -0.4 is 16.8 Å². The van der Waals surface area contributed by atoms with Gasteiger partial charge in [-0.3, -0.25) is 15.1 Å². The molecule has 15 nitrogen and oxygen atoms in total. The average Bonchev–Trinajstić information content (AvgIpc) is 3.46. The first kappa shape index (κ1) is 29.4. The van der Waals surface area contributed by atoms with Crippen molar-refractivity contribution in [1.29, 1.82) is 0 Å². The molecule has 0 bridgehead atoms. The zero-order chi connectivity index (χ0) is 27.3. The number of aliphatic hydroxyl groups excluding tert-OH is 2. The maximum atomic E-state index is 10.9. The van der Waals surface area contributed by atoms with E-state index in [1.165, 1.54) is 12.7 Å². The lowest BCUT2D eigenvalue weighted by Gasteiger charge is -2.17. The van der Waals surface area contributed by atoms with Crippen LogP contribution in [0.5, 0.6) is 0 Å². The van der Waals surface area contributed by atoms with Gasteiger partial charge < -0.3 is 30.7 Å². The summed E-state index contributed by atoms with van der Waals surface area (Å²) in [6.07, 6.45) is -0.167. The fourth-order valence-electron chi connectivity index (χ4n) is 3.85. The summed E-state index contributed by atoms with van der Waals surface area (Å²) in [4.78, 5) is 26.2. The monoisotopic (exact) mass is 549 g/mol. The molecule has 0 aliphatic carbocycles. The number of imidazole rings is 1. The van der Waals surface area contributed by atoms with Gasteiger partial charge in [-0.25, -0.2) is 15.0 Å². The summed E-state index contributed by atoms with van der Waals surface area (Å²) in [5.74, 6) is 8.23. The molecule has 0 aromatic carbocycles. The third kappa shape index (κ3) is 7.92. The van der Waals surface area contributed by atoms with Gasteiger partial charge in [0.15, 0.2) is 35.2 Å². The van der Waals surface area contributed by atoms with Gasteiger partial charge in [-0.2, -0.15) is 0 Å². The van der Waals surface area contributed by atoms with Crippen LogP contribution in [0.3, 0.4) is 0 Å². The van der Waals surface area contributed by atoms with Crippen molar-refractivity contribution in [3.63, 3.8) is 0 Å². The van der Waals surface area contributed by atoms with Crippen molar-refractivity contribution in [2.24, 2.45) is 16.6 Å². The molecule has 3 rings (SSSR count). The summed E-state index contributed by atoms with van der Waals surface area (Å²) in [6.45, 7) is 1.61. The van der Waals surface area contributed by atoms with Crippen molar-refractivity contribution >= 4 is 34.3 Å². The molecular weight excluding hydrogens is 516 g/mol. The third-order valence-corrected chi connectivity index (χ3v) is 7.92. The van der Waals surface area contributed by atoms with Gasteiger partial charge in [0, 0.05) is 48.3 Å². The molecule has 0 radical (unpaired) electrons. The minimum atomic E-state index is -1.22. The summed E-state index contributed by atoms with van der Waals surface area (Å²) in [5, 5.41) is 28.3. The number of anilines is 1. The minimum absolute atomic E-state index is 0.313. The number of nitrogens with two attached hydrogens (primary N) is 2. The van der Waals surface area contributed by atoms with E-state index in [0.717, 1.165) is 0 Å². The summed E-state index contributed by atoms with van der Waals surface area (Å²) >= 11 is 0. The lowest BCUT2D eigenvalue weighted by molar-refractivity contribution is -0.133. The molecule has 6 atom stereocenters. The van der Waals surface area contributed by atoms with E-state index < -0.39 is 30.8 Å². The van der Waals surface area contributed by atoms with Crippen LogP contribution in [-0.4, -0.2) is 97.6 Å². The largest absolute Gasteiger partial charge is 0.449 e. The lowest BCUT2D eigenvalue weighted by atomic mass is 10.1. The van der Waals surface area contributed by atoms with E-state index >= 15 is 0 Å². The highest BCUT2D eigenvalue weighted by atomic mass is 32.2. The smallest absolute Gasteiger partial charge is 0.294 e. The third-order valence-electron chi connectivity index (χ3n) is 5.75. The lowest BCUT2D eigenvalue weighted by Crippen LogP contribution is -2.37. The van der Waals surface area contributed by atoms with E-state index in [1.54, 1.807) is 4.57 Å². The Morgan fingerprint density at radius 3 is 2.97 bits per heavy atom. The van der Waals surface area contributed by atoms with Gasteiger partial charge in [-0.15, -0.1) is 0 Å². The molecule has 0 saturated carbocycles. The highest BCUT2D eigenvalue weighted by Crippen LogP contribution is 2.33. The number of unbranched alkanes of at least 4 members (excludes halogenated alkanes) is 1. The summed E-state index contributed by atoms with van der Waals surface area (Å²) in [7, 11) is -0.379. The number of hydrogen-bond acceptors (Lipinski definition) is 12. The summed E-state index contributed by atoms with van der Waals surface area (Å²) in [6, 6.07) is 0. The topological polar surface area (TPSA) is 232 Å². The van der Waals surface area contributed by atoms with Gasteiger partial charge in [0.2, 0.25) is 0 Å². The van der Waals surface area contributed by atoms with Crippen molar-refractivity contribution in [2.75, 3.05) is 42.2 Å². The minimum Gasteiger partial charge on any atom is -0.449 e. The van der Waals surface area contributed by atoms with Gasteiger partial charge in [0.25, 0.3) is 6.47 Å². The number of nitrogens with zero attached hydrogens (tertiary/aromatic N) is 7. The Hall–Kier alpha value is -3.16. The second-order valence-corrected chi connectivity index (χ2v) is 10.7. The Kier molecular flexibility index (Phi) is 11.8. The van der Waals surface area contributed by atoms with Gasteiger partial charge in [-0.1, -0.05) is 11.0 Å². The van der Waals surface area contributed by atoms with Crippen LogP contribution in [0.2, 0.25) is 0 Å². The molecule has 38 heavy (non-hydrogen) atoms. The van der Waals surface area contributed by atoms with Crippen molar-refractivity contribution in [3.8, 4) is 11.8 Å². The van der Waals surface area contributed by atoms with E-state index in [0.29, 0.717) is 79.6 Å². The van der Waals surface area contributed by atoms with Gasteiger partial charge >= 0.3 is 0 Å². The van der Waals surface area contributed by atoms with E-state index in [1.807, 2.05) is 0 Å². The number of aromatic nitrogens is 4. The Morgan fingerprint density at radius 1 is 1.37 bits per heavy atom. The van der Waals surface area contributed by atoms with Crippen molar-refractivity contribution in [3.05, 3.63) is 23.1 Å². The average molecular weight is 550 g/mol. The maximum Gasteiger partial charge on any atom is 0.294 e. The van der Waals surface area contributed by atoms with Gasteiger partial charge in [-0.05, 0) is 17.9 Å². The number of aliphatic hydroxyl groups is 2. The number of nitrogens with one attached hydrogen (secondary N) is 1. The molecular formula is C22H33N10O5S+. The number of hydrogen-bond donors (Lipinski definition) is 5. The summed E-state index contributed by atoms with van der Waals surface area (Å²) < 4.78 is 12.5. The van der Waals surface area contributed by atoms with Crippen LogP contribution in [0.15, 0.2) is 17.8 Å². The number of ether oxygens (including phenoxy) is 2. The Labute approximate surface area is 222 Å². The molecule has 3 unspecified atom stereocenters.